The number of hydrogen-bond acceptors (Lipinski definition) is 3. The van der Waals surface area contributed by atoms with Gasteiger partial charge in [-0.05, 0) is 24.7 Å². The third kappa shape index (κ3) is 6.05. The summed E-state index contributed by atoms with van der Waals surface area (Å²) in [6.45, 7) is 9.23. The van der Waals surface area contributed by atoms with E-state index in [0.717, 1.165) is 32.5 Å². The van der Waals surface area contributed by atoms with Crippen molar-refractivity contribution >= 4 is 11.8 Å². The molecule has 0 unspecified atom stereocenters. The third-order valence-electron chi connectivity index (χ3n) is 3.50. The Kier molecular flexibility index (Phi) is 6.28. The van der Waals surface area contributed by atoms with Crippen LogP contribution in [0.5, 0.6) is 0 Å². The van der Waals surface area contributed by atoms with Crippen LogP contribution in [0, 0.1) is 11.8 Å². The average Bonchev–Trinajstić information content (AvgIpc) is 2.27. The fourth-order valence-electron chi connectivity index (χ4n) is 2.47. The number of primary amides is 1. The maximum atomic E-state index is 12.2. The second kappa shape index (κ2) is 7.48. The summed E-state index contributed by atoms with van der Waals surface area (Å²) in [6.07, 6.45) is 2.15. The fourth-order valence-corrected chi connectivity index (χ4v) is 2.47. The Labute approximate surface area is 116 Å². The van der Waals surface area contributed by atoms with Crippen molar-refractivity contribution in [1.29, 1.82) is 0 Å². The van der Waals surface area contributed by atoms with Crippen LogP contribution >= 0.6 is 0 Å². The number of nitrogens with two attached hydrogens (primary N) is 1. The highest BCUT2D eigenvalue weighted by Crippen LogP contribution is 2.16. The van der Waals surface area contributed by atoms with Crippen LogP contribution in [0.15, 0.2) is 0 Å². The van der Waals surface area contributed by atoms with Crippen molar-refractivity contribution in [2.75, 3.05) is 32.7 Å². The lowest BCUT2D eigenvalue weighted by Crippen LogP contribution is -2.46. The highest BCUT2D eigenvalue weighted by atomic mass is 16.2. The molecule has 0 aromatic rings. The molecule has 1 saturated heterocycles. The topological polar surface area (TPSA) is 66.6 Å². The van der Waals surface area contributed by atoms with Crippen LogP contribution in [0.2, 0.25) is 0 Å². The van der Waals surface area contributed by atoms with Gasteiger partial charge < -0.3 is 10.6 Å². The van der Waals surface area contributed by atoms with Crippen LogP contribution in [0.4, 0.5) is 0 Å². The standard InChI is InChI=1S/C14H27N3O2/c1-11(2)8-16(9-13(15)18)10-14(19)17-6-4-12(3)5-7-17/h11-12H,4-10H2,1-3H3,(H2,15,18). The Hall–Kier alpha value is -1.10. The van der Waals surface area contributed by atoms with E-state index in [4.69, 9.17) is 5.73 Å². The number of rotatable bonds is 6. The van der Waals surface area contributed by atoms with E-state index in [-0.39, 0.29) is 18.4 Å². The number of carbonyl (C=O) groups excluding carboxylic acids is 2. The summed E-state index contributed by atoms with van der Waals surface area (Å²) in [5, 5.41) is 0. The lowest BCUT2D eigenvalue weighted by atomic mass is 9.99. The highest BCUT2D eigenvalue weighted by molar-refractivity contribution is 5.80. The number of hydrogen-bond donors (Lipinski definition) is 1. The van der Waals surface area contributed by atoms with Crippen molar-refractivity contribution in [1.82, 2.24) is 9.80 Å². The smallest absolute Gasteiger partial charge is 0.236 e. The SMILES string of the molecule is CC(C)CN(CC(N)=O)CC(=O)N1CCC(C)CC1. The zero-order valence-corrected chi connectivity index (χ0v) is 12.4. The predicted octanol–water partition coefficient (Wildman–Crippen LogP) is 0.688. The van der Waals surface area contributed by atoms with Gasteiger partial charge in [0.1, 0.15) is 0 Å². The molecule has 0 aromatic heterocycles. The van der Waals surface area contributed by atoms with Crippen LogP contribution in [0.3, 0.4) is 0 Å². The largest absolute Gasteiger partial charge is 0.369 e. The van der Waals surface area contributed by atoms with Crippen LogP contribution in [0.1, 0.15) is 33.6 Å². The Morgan fingerprint density at radius 1 is 1.26 bits per heavy atom. The summed E-state index contributed by atoms with van der Waals surface area (Å²) in [5.74, 6) is 0.865. The number of likely N-dealkylation sites (tertiary alicyclic amines) is 1. The van der Waals surface area contributed by atoms with Gasteiger partial charge in [0, 0.05) is 19.6 Å². The van der Waals surface area contributed by atoms with E-state index in [1.807, 2.05) is 9.80 Å². The summed E-state index contributed by atoms with van der Waals surface area (Å²) >= 11 is 0. The zero-order valence-electron chi connectivity index (χ0n) is 12.4. The number of piperidine rings is 1. The van der Waals surface area contributed by atoms with Gasteiger partial charge in [-0.3, -0.25) is 14.5 Å². The predicted molar refractivity (Wildman–Crippen MR) is 75.5 cm³/mol. The molecule has 2 amide bonds. The lowest BCUT2D eigenvalue weighted by Gasteiger charge is -2.32. The van der Waals surface area contributed by atoms with Crippen LogP contribution in [-0.4, -0.2) is 54.3 Å². The first-order valence-corrected chi connectivity index (χ1v) is 7.17. The normalized spacial score (nSPS) is 17.2. The van der Waals surface area contributed by atoms with Crippen LogP contribution < -0.4 is 5.73 Å². The maximum absolute atomic E-state index is 12.2. The molecular formula is C14H27N3O2. The van der Waals surface area contributed by atoms with E-state index in [1.165, 1.54) is 0 Å². The molecule has 1 rings (SSSR count). The molecule has 2 N–H and O–H groups in total. The highest BCUT2D eigenvalue weighted by Gasteiger charge is 2.22. The molecule has 1 heterocycles. The summed E-state index contributed by atoms with van der Waals surface area (Å²) in [4.78, 5) is 27.0. The molecule has 19 heavy (non-hydrogen) atoms. The van der Waals surface area contributed by atoms with E-state index in [9.17, 15) is 9.59 Å². The molecule has 110 valence electrons. The minimum atomic E-state index is -0.374. The van der Waals surface area contributed by atoms with Gasteiger partial charge in [0.15, 0.2) is 0 Å². The summed E-state index contributed by atoms with van der Waals surface area (Å²) in [7, 11) is 0. The molecule has 5 heteroatoms. The molecule has 0 atom stereocenters. The monoisotopic (exact) mass is 269 g/mol. The minimum Gasteiger partial charge on any atom is -0.369 e. The molecule has 0 bridgehead atoms. The maximum Gasteiger partial charge on any atom is 0.236 e. The molecular weight excluding hydrogens is 242 g/mol. The van der Waals surface area contributed by atoms with Crippen molar-refractivity contribution in [3.05, 3.63) is 0 Å². The van der Waals surface area contributed by atoms with Crippen molar-refractivity contribution in [2.24, 2.45) is 17.6 Å². The Morgan fingerprint density at radius 2 is 1.84 bits per heavy atom. The van der Waals surface area contributed by atoms with Gasteiger partial charge >= 0.3 is 0 Å². The van der Waals surface area contributed by atoms with Crippen molar-refractivity contribution in [2.45, 2.75) is 33.6 Å². The Bertz CT molecular complexity index is 310. The van der Waals surface area contributed by atoms with E-state index in [1.54, 1.807) is 0 Å². The quantitative estimate of drug-likeness (QED) is 0.771. The second-order valence-electron chi connectivity index (χ2n) is 6.09. The number of carbonyl (C=O) groups is 2. The molecule has 1 aliphatic rings. The van der Waals surface area contributed by atoms with Gasteiger partial charge in [-0.15, -0.1) is 0 Å². The lowest BCUT2D eigenvalue weighted by molar-refractivity contribution is -0.134. The van der Waals surface area contributed by atoms with E-state index in [2.05, 4.69) is 20.8 Å². The van der Waals surface area contributed by atoms with Crippen molar-refractivity contribution in [3.63, 3.8) is 0 Å². The Balaban J connectivity index is 2.47. The van der Waals surface area contributed by atoms with Gasteiger partial charge in [-0.25, -0.2) is 0 Å². The summed E-state index contributed by atoms with van der Waals surface area (Å²) < 4.78 is 0. The fraction of sp³-hybridized carbons (Fsp3) is 0.857. The summed E-state index contributed by atoms with van der Waals surface area (Å²) in [5.41, 5.74) is 5.24. The first-order chi connectivity index (χ1) is 8.88. The van der Waals surface area contributed by atoms with Gasteiger partial charge in [-0.2, -0.15) is 0 Å². The number of amides is 2. The molecule has 0 radical (unpaired) electrons. The first kappa shape index (κ1) is 16.0. The molecule has 5 nitrogen and oxygen atoms in total. The minimum absolute atomic E-state index is 0.119. The first-order valence-electron chi connectivity index (χ1n) is 7.17. The Morgan fingerprint density at radius 3 is 2.32 bits per heavy atom. The van der Waals surface area contributed by atoms with Gasteiger partial charge in [-0.1, -0.05) is 20.8 Å². The molecule has 0 aliphatic carbocycles. The average molecular weight is 269 g/mol. The van der Waals surface area contributed by atoms with Gasteiger partial charge in [0.2, 0.25) is 11.8 Å². The number of nitrogens with zero attached hydrogens (tertiary/aromatic N) is 2. The van der Waals surface area contributed by atoms with Crippen LogP contribution in [-0.2, 0) is 9.59 Å². The zero-order chi connectivity index (χ0) is 14.4. The second-order valence-corrected chi connectivity index (χ2v) is 6.09. The molecule has 1 aliphatic heterocycles. The van der Waals surface area contributed by atoms with Crippen molar-refractivity contribution < 1.29 is 9.59 Å². The van der Waals surface area contributed by atoms with Gasteiger partial charge in [0.25, 0.3) is 0 Å². The van der Waals surface area contributed by atoms with Gasteiger partial charge in [0.05, 0.1) is 13.1 Å². The van der Waals surface area contributed by atoms with Crippen LogP contribution in [0.25, 0.3) is 0 Å². The molecule has 0 aromatic carbocycles. The van der Waals surface area contributed by atoms with Crippen molar-refractivity contribution in [3.8, 4) is 0 Å². The summed E-state index contributed by atoms with van der Waals surface area (Å²) in [6, 6.07) is 0. The third-order valence-corrected chi connectivity index (χ3v) is 3.50. The molecule has 1 fully saturated rings. The molecule has 0 saturated carbocycles. The van der Waals surface area contributed by atoms with E-state index < -0.39 is 0 Å². The van der Waals surface area contributed by atoms with E-state index >= 15 is 0 Å². The molecule has 0 spiro atoms. The van der Waals surface area contributed by atoms with E-state index in [0.29, 0.717) is 18.4 Å².